The molecule has 0 aliphatic carbocycles. The van der Waals surface area contributed by atoms with E-state index in [1.165, 1.54) is 11.1 Å². The number of benzene rings is 8. The molecule has 2 heterocycles. The first-order valence-electron chi connectivity index (χ1n) is 17.8. The Labute approximate surface area is 306 Å². The van der Waals surface area contributed by atoms with Crippen LogP contribution in [0, 0.1) is 0 Å². The summed E-state index contributed by atoms with van der Waals surface area (Å²) in [6.45, 7) is 0. The van der Waals surface area contributed by atoms with Gasteiger partial charge in [0, 0.05) is 28.3 Å². The van der Waals surface area contributed by atoms with E-state index in [2.05, 4.69) is 144 Å². The van der Waals surface area contributed by atoms with Gasteiger partial charge in [-0.1, -0.05) is 152 Å². The van der Waals surface area contributed by atoms with Crippen molar-refractivity contribution >= 4 is 50.1 Å². The lowest BCUT2D eigenvalue weighted by molar-refractivity contribution is 0.620. The summed E-state index contributed by atoms with van der Waals surface area (Å²) in [6, 6.07) is 67.4. The van der Waals surface area contributed by atoms with Gasteiger partial charge in [-0.05, 0) is 64.2 Å². The molecule has 10 rings (SSSR count). The Bertz CT molecular complexity index is 2860. The summed E-state index contributed by atoms with van der Waals surface area (Å²) in [7, 11) is 0. The molecule has 0 saturated carbocycles. The molecule has 53 heavy (non-hydrogen) atoms. The number of aromatic nitrogens is 1. The molecule has 8 aromatic carbocycles. The third-order valence-corrected chi connectivity index (χ3v) is 9.92. The van der Waals surface area contributed by atoms with E-state index in [9.17, 15) is 0 Å². The van der Waals surface area contributed by atoms with Crippen molar-refractivity contribution in [2.24, 2.45) is 0 Å². The van der Waals surface area contributed by atoms with Crippen LogP contribution in [0.15, 0.2) is 203 Å². The molecule has 0 unspecified atom stereocenters. The lowest BCUT2D eigenvalue weighted by Crippen LogP contribution is -2.12. The summed E-state index contributed by atoms with van der Waals surface area (Å²) in [6.07, 6.45) is 0. The Balaban J connectivity index is 1.21. The number of anilines is 3. The first-order chi connectivity index (χ1) is 26.3. The molecule has 0 aliphatic heterocycles. The van der Waals surface area contributed by atoms with Gasteiger partial charge in [-0.15, -0.1) is 0 Å². The SMILES string of the molecule is c1ccc(-c2ccc(-c3ccc(N(c4ccccc4-c4ccccc4)c4c5oc(-c6ccccc6)nc5cc5oc6ccccc6c45)cc3)cc2)cc1. The van der Waals surface area contributed by atoms with Crippen LogP contribution in [0.25, 0.3) is 77.9 Å². The molecule has 250 valence electrons. The Kier molecular flexibility index (Phi) is 7.43. The molecule has 0 bridgehead atoms. The van der Waals surface area contributed by atoms with Crippen LogP contribution in [-0.2, 0) is 0 Å². The van der Waals surface area contributed by atoms with Crippen molar-refractivity contribution in [3.63, 3.8) is 0 Å². The number of para-hydroxylation sites is 2. The smallest absolute Gasteiger partial charge is 0.227 e. The number of hydrogen-bond acceptors (Lipinski definition) is 4. The predicted octanol–water partition coefficient (Wildman–Crippen LogP) is 13.9. The van der Waals surface area contributed by atoms with Crippen molar-refractivity contribution < 1.29 is 8.83 Å². The zero-order valence-corrected chi connectivity index (χ0v) is 28.7. The minimum Gasteiger partial charge on any atom is -0.456 e. The van der Waals surface area contributed by atoms with Crippen LogP contribution in [0.3, 0.4) is 0 Å². The van der Waals surface area contributed by atoms with Crippen LogP contribution in [0.1, 0.15) is 0 Å². The van der Waals surface area contributed by atoms with Gasteiger partial charge in [-0.3, -0.25) is 0 Å². The molecule has 4 heteroatoms. The number of rotatable bonds is 7. The third kappa shape index (κ3) is 5.45. The van der Waals surface area contributed by atoms with E-state index in [1.54, 1.807) is 0 Å². The van der Waals surface area contributed by atoms with Gasteiger partial charge in [-0.2, -0.15) is 0 Å². The van der Waals surface area contributed by atoms with Crippen molar-refractivity contribution in [2.75, 3.05) is 4.90 Å². The first kappa shape index (κ1) is 30.6. The topological polar surface area (TPSA) is 42.4 Å². The van der Waals surface area contributed by atoms with Crippen LogP contribution < -0.4 is 4.90 Å². The second-order valence-electron chi connectivity index (χ2n) is 13.1. The van der Waals surface area contributed by atoms with Gasteiger partial charge in [0.25, 0.3) is 0 Å². The molecule has 0 radical (unpaired) electrons. The molecule has 0 aliphatic rings. The van der Waals surface area contributed by atoms with E-state index in [0.29, 0.717) is 11.5 Å². The Hall–Kier alpha value is -7.17. The number of furan rings is 1. The molecule has 0 spiro atoms. The zero-order chi connectivity index (χ0) is 35.1. The van der Waals surface area contributed by atoms with Gasteiger partial charge in [0.05, 0.1) is 11.1 Å². The van der Waals surface area contributed by atoms with Crippen LogP contribution >= 0.6 is 0 Å². The Morgan fingerprint density at radius 1 is 0.415 bits per heavy atom. The van der Waals surface area contributed by atoms with E-state index >= 15 is 0 Å². The van der Waals surface area contributed by atoms with Crippen molar-refractivity contribution in [2.45, 2.75) is 0 Å². The molecule has 10 aromatic rings. The molecule has 0 amide bonds. The lowest BCUT2D eigenvalue weighted by Gasteiger charge is -2.28. The molecule has 0 saturated heterocycles. The Morgan fingerprint density at radius 2 is 0.943 bits per heavy atom. The Morgan fingerprint density at radius 3 is 1.62 bits per heavy atom. The van der Waals surface area contributed by atoms with Gasteiger partial charge in [0.1, 0.15) is 22.4 Å². The highest BCUT2D eigenvalue weighted by Crippen LogP contribution is 2.50. The molecule has 2 aromatic heterocycles. The highest BCUT2D eigenvalue weighted by molar-refractivity contribution is 6.20. The van der Waals surface area contributed by atoms with E-state index in [4.69, 9.17) is 13.8 Å². The van der Waals surface area contributed by atoms with Crippen molar-refractivity contribution in [1.82, 2.24) is 4.98 Å². The van der Waals surface area contributed by atoms with Crippen molar-refractivity contribution in [3.8, 4) is 44.8 Å². The fourth-order valence-electron chi connectivity index (χ4n) is 7.37. The van der Waals surface area contributed by atoms with Crippen LogP contribution in [-0.4, -0.2) is 4.98 Å². The lowest BCUT2D eigenvalue weighted by atomic mass is 9.99. The van der Waals surface area contributed by atoms with Crippen LogP contribution in [0.4, 0.5) is 17.1 Å². The average molecular weight is 681 g/mol. The summed E-state index contributed by atoms with van der Waals surface area (Å²) >= 11 is 0. The maximum Gasteiger partial charge on any atom is 0.227 e. The molecule has 0 N–H and O–H groups in total. The van der Waals surface area contributed by atoms with E-state index in [1.807, 2.05) is 54.6 Å². The highest BCUT2D eigenvalue weighted by atomic mass is 16.4. The summed E-state index contributed by atoms with van der Waals surface area (Å²) in [5.74, 6) is 0.560. The van der Waals surface area contributed by atoms with E-state index in [-0.39, 0.29) is 0 Å². The minimum atomic E-state index is 0.560. The third-order valence-electron chi connectivity index (χ3n) is 9.92. The average Bonchev–Trinajstić information content (AvgIpc) is 3.84. The van der Waals surface area contributed by atoms with Crippen LogP contribution in [0.2, 0.25) is 0 Å². The molecular weight excluding hydrogens is 649 g/mol. The zero-order valence-electron chi connectivity index (χ0n) is 28.7. The quantitative estimate of drug-likeness (QED) is 0.168. The maximum absolute atomic E-state index is 6.83. The highest BCUT2D eigenvalue weighted by Gasteiger charge is 2.27. The largest absolute Gasteiger partial charge is 0.456 e. The van der Waals surface area contributed by atoms with Gasteiger partial charge >= 0.3 is 0 Å². The predicted molar refractivity (Wildman–Crippen MR) is 218 cm³/mol. The van der Waals surface area contributed by atoms with Crippen molar-refractivity contribution in [3.05, 3.63) is 194 Å². The van der Waals surface area contributed by atoms with E-state index < -0.39 is 0 Å². The second kappa shape index (κ2) is 12.9. The minimum absolute atomic E-state index is 0.560. The summed E-state index contributed by atoms with van der Waals surface area (Å²) in [5, 5.41) is 1.97. The summed E-state index contributed by atoms with van der Waals surface area (Å²) in [5.41, 5.74) is 13.6. The van der Waals surface area contributed by atoms with E-state index in [0.717, 1.165) is 72.3 Å². The number of hydrogen-bond donors (Lipinski definition) is 0. The standard InChI is InChI=1S/C49H32N2O2/c1-4-14-33(15-5-1)34-24-26-35(27-25-34)36-28-30-39(31-29-36)51(43-22-12-10-20-40(43)37-16-6-2-7-17-37)47-46-41-21-11-13-23-44(41)52-45(46)32-42-48(47)53-49(50-42)38-18-8-3-9-19-38/h1-32H. The van der Waals surface area contributed by atoms with Crippen molar-refractivity contribution in [1.29, 1.82) is 0 Å². The van der Waals surface area contributed by atoms with Gasteiger partial charge in [0.2, 0.25) is 5.89 Å². The molecule has 0 fully saturated rings. The second-order valence-corrected chi connectivity index (χ2v) is 13.1. The van der Waals surface area contributed by atoms with Gasteiger partial charge < -0.3 is 13.7 Å². The van der Waals surface area contributed by atoms with Gasteiger partial charge in [0.15, 0.2) is 5.58 Å². The molecule has 0 atom stereocenters. The van der Waals surface area contributed by atoms with Crippen LogP contribution in [0.5, 0.6) is 0 Å². The number of fused-ring (bicyclic) bond motifs is 4. The number of oxazole rings is 1. The maximum atomic E-state index is 6.83. The fourth-order valence-corrected chi connectivity index (χ4v) is 7.37. The fraction of sp³-hybridized carbons (Fsp3) is 0. The first-order valence-corrected chi connectivity index (χ1v) is 17.8. The number of nitrogens with zero attached hydrogens (tertiary/aromatic N) is 2. The van der Waals surface area contributed by atoms with Gasteiger partial charge in [-0.25, -0.2) is 4.98 Å². The normalized spacial score (nSPS) is 11.4. The summed E-state index contributed by atoms with van der Waals surface area (Å²) in [4.78, 5) is 7.36. The molecule has 4 nitrogen and oxygen atoms in total. The monoisotopic (exact) mass is 680 g/mol. The molecular formula is C49H32N2O2. The summed E-state index contributed by atoms with van der Waals surface area (Å²) < 4.78 is 13.4.